The van der Waals surface area contributed by atoms with Gasteiger partial charge in [-0.05, 0) is 24.6 Å². The van der Waals surface area contributed by atoms with Crippen LogP contribution in [0.15, 0.2) is 48.7 Å². The van der Waals surface area contributed by atoms with E-state index in [0.29, 0.717) is 21.4 Å². The summed E-state index contributed by atoms with van der Waals surface area (Å²) < 4.78 is 10.8. The predicted molar refractivity (Wildman–Crippen MR) is 109 cm³/mol. The number of benzene rings is 1. The summed E-state index contributed by atoms with van der Waals surface area (Å²) in [7, 11) is 1.40. The molecule has 4 rings (SSSR count). The number of amides is 1. The summed E-state index contributed by atoms with van der Waals surface area (Å²) in [5.41, 5.74) is 1.46. The molecule has 3 heterocycles. The summed E-state index contributed by atoms with van der Waals surface area (Å²) in [4.78, 5) is 25.8. The van der Waals surface area contributed by atoms with Gasteiger partial charge in [0.15, 0.2) is 22.3 Å². The summed E-state index contributed by atoms with van der Waals surface area (Å²) >= 11 is 1.19. The number of rotatable bonds is 5. The lowest BCUT2D eigenvalue weighted by atomic mass is 10.2. The Morgan fingerprint density at radius 1 is 1.10 bits per heavy atom. The number of anilines is 1. The van der Waals surface area contributed by atoms with Crippen LogP contribution in [0.25, 0.3) is 10.3 Å². The van der Waals surface area contributed by atoms with Crippen molar-refractivity contribution in [2.24, 2.45) is 0 Å². The van der Waals surface area contributed by atoms with E-state index in [-0.39, 0.29) is 17.2 Å². The molecular formula is C20H16N4O4S. The smallest absolute Gasteiger partial charge is 0.280 e. The number of ether oxygens (including phenoxy) is 2. The van der Waals surface area contributed by atoms with Gasteiger partial charge in [0.2, 0.25) is 5.88 Å². The number of fused-ring (bicyclic) bond motifs is 1. The lowest BCUT2D eigenvalue weighted by Gasteiger charge is -2.06. The van der Waals surface area contributed by atoms with E-state index in [1.165, 1.54) is 30.7 Å². The maximum Gasteiger partial charge on any atom is 0.280 e. The van der Waals surface area contributed by atoms with Crippen molar-refractivity contribution in [1.29, 1.82) is 0 Å². The number of para-hydroxylation sites is 1. The van der Waals surface area contributed by atoms with Crippen LogP contribution in [0.4, 0.5) is 5.13 Å². The van der Waals surface area contributed by atoms with Crippen LogP contribution >= 0.6 is 11.3 Å². The second kappa shape index (κ2) is 7.72. The average molecular weight is 408 g/mol. The van der Waals surface area contributed by atoms with E-state index in [0.717, 1.165) is 11.3 Å². The van der Waals surface area contributed by atoms with Gasteiger partial charge in [0.25, 0.3) is 5.91 Å². The first-order valence-corrected chi connectivity index (χ1v) is 9.41. The number of aryl methyl sites for hydroxylation is 1. The fraction of sp³-hybridized carbons (Fsp3) is 0.100. The first kappa shape index (κ1) is 18.6. The van der Waals surface area contributed by atoms with Gasteiger partial charge < -0.3 is 14.6 Å². The molecule has 4 aromatic rings. The second-order valence-electron chi connectivity index (χ2n) is 6.02. The summed E-state index contributed by atoms with van der Waals surface area (Å²) in [5.74, 6) is 0.379. The van der Waals surface area contributed by atoms with Crippen molar-refractivity contribution in [2.45, 2.75) is 6.92 Å². The Balaban J connectivity index is 1.56. The molecule has 2 N–H and O–H groups in total. The number of aromatic hydroxyl groups is 1. The molecule has 1 amide bonds. The topological polar surface area (TPSA) is 106 Å². The molecule has 0 fully saturated rings. The van der Waals surface area contributed by atoms with E-state index in [2.05, 4.69) is 20.3 Å². The van der Waals surface area contributed by atoms with Crippen LogP contribution in [0.5, 0.6) is 23.1 Å². The molecule has 0 aliphatic carbocycles. The maximum absolute atomic E-state index is 12.5. The highest BCUT2D eigenvalue weighted by Crippen LogP contribution is 2.31. The highest BCUT2D eigenvalue weighted by Gasteiger charge is 2.18. The van der Waals surface area contributed by atoms with E-state index in [4.69, 9.17) is 9.47 Å². The Kier molecular flexibility index (Phi) is 4.96. The number of carbonyl (C=O) groups is 1. The largest absolute Gasteiger partial charge is 0.503 e. The van der Waals surface area contributed by atoms with Crippen LogP contribution in [0.1, 0.15) is 16.1 Å². The summed E-state index contributed by atoms with van der Waals surface area (Å²) in [6, 6.07) is 12.6. The van der Waals surface area contributed by atoms with Crippen molar-refractivity contribution < 1.29 is 19.4 Å². The van der Waals surface area contributed by atoms with Crippen LogP contribution in [-0.4, -0.2) is 33.1 Å². The number of nitrogens with one attached hydrogen (secondary N) is 1. The van der Waals surface area contributed by atoms with E-state index in [1.807, 2.05) is 31.2 Å². The first-order valence-electron chi connectivity index (χ1n) is 8.59. The minimum atomic E-state index is -0.600. The van der Waals surface area contributed by atoms with Crippen LogP contribution < -0.4 is 14.8 Å². The highest BCUT2D eigenvalue weighted by atomic mass is 32.1. The molecule has 9 heteroatoms. The molecule has 0 saturated carbocycles. The molecule has 0 atom stereocenters. The molecule has 1 aromatic carbocycles. The maximum atomic E-state index is 12.5. The SMILES string of the molecule is COc1ccnc(C(=O)Nc2nc3ccc(Oc4ccccc4C)nc3s2)c1O. The third-order valence-corrected chi connectivity index (χ3v) is 4.96. The molecule has 0 aliphatic heterocycles. The van der Waals surface area contributed by atoms with Gasteiger partial charge in [-0.15, -0.1) is 0 Å². The lowest BCUT2D eigenvalue weighted by molar-refractivity contribution is 0.101. The number of thiazole rings is 1. The minimum absolute atomic E-state index is 0.153. The molecule has 8 nitrogen and oxygen atoms in total. The number of nitrogens with zero attached hydrogens (tertiary/aromatic N) is 3. The molecule has 146 valence electrons. The van der Waals surface area contributed by atoms with Crippen LogP contribution in [0.2, 0.25) is 0 Å². The zero-order chi connectivity index (χ0) is 20.4. The zero-order valence-corrected chi connectivity index (χ0v) is 16.4. The number of hydrogen-bond donors (Lipinski definition) is 2. The highest BCUT2D eigenvalue weighted by molar-refractivity contribution is 7.22. The van der Waals surface area contributed by atoms with E-state index >= 15 is 0 Å². The van der Waals surface area contributed by atoms with Crippen molar-refractivity contribution in [3.63, 3.8) is 0 Å². The molecule has 3 aromatic heterocycles. The van der Waals surface area contributed by atoms with Gasteiger partial charge >= 0.3 is 0 Å². The van der Waals surface area contributed by atoms with E-state index < -0.39 is 5.91 Å². The van der Waals surface area contributed by atoms with Crippen molar-refractivity contribution in [1.82, 2.24) is 15.0 Å². The Labute approximate surface area is 169 Å². The number of aromatic nitrogens is 3. The molecule has 0 radical (unpaired) electrons. The minimum Gasteiger partial charge on any atom is -0.503 e. The summed E-state index contributed by atoms with van der Waals surface area (Å²) in [5, 5.41) is 13.0. The fourth-order valence-corrected chi connectivity index (χ4v) is 3.44. The first-order chi connectivity index (χ1) is 14.0. The molecule has 0 aliphatic rings. The Hall–Kier alpha value is -3.72. The Morgan fingerprint density at radius 3 is 2.72 bits per heavy atom. The third kappa shape index (κ3) is 3.81. The van der Waals surface area contributed by atoms with Crippen LogP contribution in [0, 0.1) is 6.92 Å². The van der Waals surface area contributed by atoms with Crippen molar-refractivity contribution in [3.05, 3.63) is 59.9 Å². The van der Waals surface area contributed by atoms with Gasteiger partial charge in [0.1, 0.15) is 16.1 Å². The van der Waals surface area contributed by atoms with Crippen molar-refractivity contribution in [2.75, 3.05) is 12.4 Å². The zero-order valence-electron chi connectivity index (χ0n) is 15.5. The van der Waals surface area contributed by atoms with E-state index in [1.54, 1.807) is 12.1 Å². The standard InChI is InChI=1S/C20H16N4O4S/c1-11-5-3-4-6-13(11)28-15-8-7-12-19(23-15)29-20(22-12)24-18(26)16-17(25)14(27-2)9-10-21-16/h3-10,25H,1-2H3,(H,22,24,26). The lowest BCUT2D eigenvalue weighted by Crippen LogP contribution is -2.13. The number of pyridine rings is 2. The van der Waals surface area contributed by atoms with E-state index in [9.17, 15) is 9.90 Å². The van der Waals surface area contributed by atoms with Crippen LogP contribution in [0.3, 0.4) is 0 Å². The van der Waals surface area contributed by atoms with Gasteiger partial charge in [0, 0.05) is 18.3 Å². The van der Waals surface area contributed by atoms with Crippen LogP contribution in [-0.2, 0) is 0 Å². The normalized spacial score (nSPS) is 10.7. The van der Waals surface area contributed by atoms with Gasteiger partial charge in [0.05, 0.1) is 7.11 Å². The van der Waals surface area contributed by atoms with Gasteiger partial charge in [-0.1, -0.05) is 29.5 Å². The fourth-order valence-electron chi connectivity index (χ4n) is 2.62. The molecule has 0 spiro atoms. The van der Waals surface area contributed by atoms with Gasteiger partial charge in [-0.2, -0.15) is 0 Å². The van der Waals surface area contributed by atoms with Gasteiger partial charge in [-0.25, -0.2) is 15.0 Å². The monoisotopic (exact) mass is 408 g/mol. The number of carbonyl (C=O) groups excluding carboxylic acids is 1. The summed E-state index contributed by atoms with van der Waals surface area (Å²) in [6.45, 7) is 1.95. The predicted octanol–water partition coefficient (Wildman–Crippen LogP) is 4.15. The average Bonchev–Trinajstić information content (AvgIpc) is 3.11. The number of hydrogen-bond acceptors (Lipinski definition) is 8. The second-order valence-corrected chi connectivity index (χ2v) is 7.00. The molecule has 0 unspecified atom stereocenters. The molecular weight excluding hydrogens is 392 g/mol. The van der Waals surface area contributed by atoms with Gasteiger partial charge in [-0.3, -0.25) is 10.1 Å². The van der Waals surface area contributed by atoms with Crippen molar-refractivity contribution in [3.8, 4) is 23.1 Å². The third-order valence-electron chi connectivity index (χ3n) is 4.08. The Bertz CT molecular complexity index is 1210. The Morgan fingerprint density at radius 2 is 1.93 bits per heavy atom. The summed E-state index contributed by atoms with van der Waals surface area (Å²) in [6.07, 6.45) is 1.38. The molecule has 0 saturated heterocycles. The van der Waals surface area contributed by atoms with Crippen molar-refractivity contribution >= 4 is 32.7 Å². The molecule has 29 heavy (non-hydrogen) atoms. The number of methoxy groups -OCH3 is 1. The molecule has 0 bridgehead atoms. The quantitative estimate of drug-likeness (QED) is 0.511.